The molecule has 3 rings (SSSR count). The van der Waals surface area contributed by atoms with Crippen LogP contribution in [0.1, 0.15) is 341 Å². The Morgan fingerprint density at radius 3 is 1.03 bits per heavy atom. The number of carbonyl (C=O) groups is 1. The Balaban J connectivity index is 1.37. The van der Waals surface area contributed by atoms with E-state index < -0.39 is 124 Å². The van der Waals surface area contributed by atoms with Gasteiger partial charge in [-0.3, -0.25) is 4.79 Å². The molecule has 608 valence electrons. The summed E-state index contributed by atoms with van der Waals surface area (Å²) in [5.41, 5.74) is 0. The summed E-state index contributed by atoms with van der Waals surface area (Å²) in [6, 6.07) is -0.996. The van der Waals surface area contributed by atoms with Crippen LogP contribution in [0.2, 0.25) is 0 Å². The van der Waals surface area contributed by atoms with E-state index in [2.05, 4.69) is 67.8 Å². The van der Waals surface area contributed by atoms with E-state index in [0.29, 0.717) is 12.8 Å². The molecule has 0 aromatic carbocycles. The van der Waals surface area contributed by atoms with Crippen molar-refractivity contribution in [1.82, 2.24) is 5.32 Å². The molecule has 3 aliphatic heterocycles. The SMILES string of the molecule is CCCCCCC/C=C\C/C=C\C/C=C\CCCCCCCCCCCCCCC(=O)NC(COC1OC(CO)C(OC2OC(CO)C(OC3OC(CO)C(O)C(O)C3O)C(O)C2O)C(O)C1O)C(O)/C=C/CC/C=C/CCCCCCCCCCCCCCCCCCCCCCCCCCCC. The number of aliphatic hydroxyl groups excluding tert-OH is 11. The lowest BCUT2D eigenvalue weighted by Gasteiger charge is -2.48. The van der Waals surface area contributed by atoms with Crippen molar-refractivity contribution >= 4 is 5.91 Å². The number of carbonyl (C=O) groups excluding carboxylic acids is 1. The van der Waals surface area contributed by atoms with E-state index in [1.165, 1.54) is 250 Å². The average molecular weight is 1480 g/mol. The van der Waals surface area contributed by atoms with Crippen molar-refractivity contribution in [3.05, 3.63) is 60.8 Å². The summed E-state index contributed by atoms with van der Waals surface area (Å²) in [7, 11) is 0. The van der Waals surface area contributed by atoms with Crippen LogP contribution in [0.5, 0.6) is 0 Å². The highest BCUT2D eigenvalue weighted by molar-refractivity contribution is 5.76. The molecule has 3 heterocycles. The van der Waals surface area contributed by atoms with E-state index in [9.17, 15) is 61.0 Å². The van der Waals surface area contributed by atoms with Gasteiger partial charge in [0.15, 0.2) is 18.9 Å². The van der Waals surface area contributed by atoms with Crippen LogP contribution in [0.25, 0.3) is 0 Å². The molecule has 0 aromatic rings. The van der Waals surface area contributed by atoms with Gasteiger partial charge in [-0.05, 0) is 70.6 Å². The smallest absolute Gasteiger partial charge is 0.220 e. The minimum atomic E-state index is -1.98. The highest BCUT2D eigenvalue weighted by atomic mass is 16.8. The zero-order valence-corrected chi connectivity index (χ0v) is 65.3. The number of hydrogen-bond acceptors (Lipinski definition) is 18. The van der Waals surface area contributed by atoms with Crippen LogP contribution in [-0.2, 0) is 33.2 Å². The van der Waals surface area contributed by atoms with Crippen molar-refractivity contribution in [2.45, 2.75) is 446 Å². The molecule has 12 N–H and O–H groups in total. The van der Waals surface area contributed by atoms with Gasteiger partial charge in [-0.25, -0.2) is 0 Å². The molecule has 3 fully saturated rings. The van der Waals surface area contributed by atoms with Crippen LogP contribution in [-0.4, -0.2) is 193 Å². The van der Waals surface area contributed by atoms with E-state index in [0.717, 1.165) is 57.8 Å². The third-order valence-corrected chi connectivity index (χ3v) is 21.0. The van der Waals surface area contributed by atoms with Gasteiger partial charge in [-0.2, -0.15) is 0 Å². The fourth-order valence-corrected chi connectivity index (χ4v) is 14.2. The second-order valence-corrected chi connectivity index (χ2v) is 30.3. The number of nitrogens with one attached hydrogen (secondary N) is 1. The number of allylic oxidation sites excluding steroid dienone is 9. The molecule has 17 unspecified atom stereocenters. The number of aliphatic hydroxyl groups is 11. The minimum absolute atomic E-state index is 0.232. The van der Waals surface area contributed by atoms with Crippen molar-refractivity contribution in [1.29, 1.82) is 0 Å². The number of unbranched alkanes of at least 4 members (excludes halogenated alkanes) is 44. The maximum Gasteiger partial charge on any atom is 0.220 e. The van der Waals surface area contributed by atoms with Crippen LogP contribution in [0, 0.1) is 0 Å². The first-order valence-electron chi connectivity index (χ1n) is 42.5. The molecular formula is C85H155NO18. The van der Waals surface area contributed by atoms with Gasteiger partial charge < -0.3 is 89.9 Å². The Kier molecular flexibility index (Phi) is 60.0. The molecule has 19 nitrogen and oxygen atoms in total. The summed E-state index contributed by atoms with van der Waals surface area (Å²) in [4.78, 5) is 13.5. The van der Waals surface area contributed by atoms with Crippen molar-refractivity contribution in [3.63, 3.8) is 0 Å². The maximum atomic E-state index is 13.5. The second kappa shape index (κ2) is 65.2. The first kappa shape index (κ1) is 95.7. The third kappa shape index (κ3) is 44.4. The van der Waals surface area contributed by atoms with Crippen molar-refractivity contribution < 1.29 is 89.4 Å². The standard InChI is InChI=1S/C85H155NO18/c1-3-5-7-9-11-13-15-17-19-21-23-25-27-29-31-32-33-34-35-37-38-40-42-44-46-48-50-52-54-56-58-60-62-69(90)68(86-73(91)63-61-59-57-55-53-51-49-47-45-43-41-39-36-30-28-26-24-22-20-18-16-14-12-10-8-6-4-2)67-99-83-79(97)76(94)81(71(65-88)101-83)104-85-80(98)77(95)82(72(66-89)102-85)103-84-78(96)75(93)74(92)70(64-87)100-84/h16,18,22,24,28,30,52,54,60,62,68-72,74-85,87-90,92-98H,3-15,17,19-21,23,25-27,29,31-51,53,55-59,61,63-67H2,1-2H3,(H,86,91)/b18-16-,24-22-,30-28-,54-52+,62-60+. The van der Waals surface area contributed by atoms with Gasteiger partial charge >= 0.3 is 0 Å². The molecular weight excluding hydrogens is 1320 g/mol. The molecule has 0 aromatic heterocycles. The largest absolute Gasteiger partial charge is 0.394 e. The van der Waals surface area contributed by atoms with Crippen molar-refractivity contribution in [2.75, 3.05) is 26.4 Å². The minimum Gasteiger partial charge on any atom is -0.394 e. The van der Waals surface area contributed by atoms with Crippen LogP contribution in [0.4, 0.5) is 0 Å². The summed E-state index contributed by atoms with van der Waals surface area (Å²) in [5, 5.41) is 121. The van der Waals surface area contributed by atoms with Gasteiger partial charge in [0.1, 0.15) is 73.2 Å². The van der Waals surface area contributed by atoms with Crippen LogP contribution >= 0.6 is 0 Å². The average Bonchev–Trinajstić information content (AvgIpc) is 0.783. The number of hydrogen-bond donors (Lipinski definition) is 12. The molecule has 0 aliphatic carbocycles. The highest BCUT2D eigenvalue weighted by Crippen LogP contribution is 2.33. The monoisotopic (exact) mass is 1480 g/mol. The molecule has 3 saturated heterocycles. The van der Waals surface area contributed by atoms with Gasteiger partial charge in [0.25, 0.3) is 0 Å². The zero-order chi connectivity index (χ0) is 75.3. The molecule has 3 aliphatic rings. The highest BCUT2D eigenvalue weighted by Gasteiger charge is 2.54. The molecule has 19 heteroatoms. The molecule has 0 bridgehead atoms. The third-order valence-electron chi connectivity index (χ3n) is 21.0. The summed E-state index contributed by atoms with van der Waals surface area (Å²) < 4.78 is 34.5. The van der Waals surface area contributed by atoms with Gasteiger partial charge in [0, 0.05) is 6.42 Å². The van der Waals surface area contributed by atoms with E-state index in [1.54, 1.807) is 6.08 Å². The van der Waals surface area contributed by atoms with Crippen LogP contribution < -0.4 is 5.32 Å². The van der Waals surface area contributed by atoms with Crippen molar-refractivity contribution in [2.24, 2.45) is 0 Å². The molecule has 1 amide bonds. The summed E-state index contributed by atoms with van der Waals surface area (Å²) in [5.74, 6) is -0.285. The van der Waals surface area contributed by atoms with E-state index in [-0.39, 0.29) is 18.9 Å². The summed E-state index contributed by atoms with van der Waals surface area (Å²) in [6.07, 6.45) is 57.9. The molecule has 0 spiro atoms. The topological polar surface area (TPSA) is 307 Å². The van der Waals surface area contributed by atoms with E-state index in [4.69, 9.17) is 28.4 Å². The lowest BCUT2D eigenvalue weighted by Crippen LogP contribution is -2.66. The number of amides is 1. The lowest BCUT2D eigenvalue weighted by atomic mass is 9.96. The molecule has 17 atom stereocenters. The number of ether oxygens (including phenoxy) is 6. The first-order chi connectivity index (χ1) is 50.8. The number of rotatable bonds is 68. The zero-order valence-electron chi connectivity index (χ0n) is 65.3. The summed E-state index contributed by atoms with van der Waals surface area (Å²) >= 11 is 0. The summed E-state index contributed by atoms with van der Waals surface area (Å²) in [6.45, 7) is 1.75. The lowest BCUT2D eigenvalue weighted by molar-refractivity contribution is -0.379. The first-order valence-corrected chi connectivity index (χ1v) is 42.5. The van der Waals surface area contributed by atoms with Crippen LogP contribution in [0.3, 0.4) is 0 Å². The van der Waals surface area contributed by atoms with E-state index in [1.807, 2.05) is 6.08 Å². The van der Waals surface area contributed by atoms with Gasteiger partial charge in [-0.1, -0.05) is 325 Å². The normalized spacial score (nSPS) is 26.2. The van der Waals surface area contributed by atoms with Crippen molar-refractivity contribution in [3.8, 4) is 0 Å². The Morgan fingerprint density at radius 2 is 0.644 bits per heavy atom. The Morgan fingerprint density at radius 1 is 0.346 bits per heavy atom. The maximum absolute atomic E-state index is 13.5. The Hall–Kier alpha value is -2.51. The van der Waals surface area contributed by atoms with Crippen LogP contribution in [0.15, 0.2) is 60.8 Å². The fraction of sp³-hybridized carbons (Fsp3) is 0.871. The van der Waals surface area contributed by atoms with E-state index >= 15 is 0 Å². The van der Waals surface area contributed by atoms with Gasteiger partial charge in [0.2, 0.25) is 5.91 Å². The molecule has 0 radical (unpaired) electrons. The predicted molar refractivity (Wildman–Crippen MR) is 415 cm³/mol. The Bertz CT molecular complexity index is 2110. The predicted octanol–water partition coefficient (Wildman–Crippen LogP) is 15.0. The quantitative estimate of drug-likeness (QED) is 0.0199. The van der Waals surface area contributed by atoms with Gasteiger partial charge in [-0.15, -0.1) is 0 Å². The Labute approximate surface area is 630 Å². The molecule has 0 saturated carbocycles. The fourth-order valence-electron chi connectivity index (χ4n) is 14.2. The molecule has 104 heavy (non-hydrogen) atoms. The van der Waals surface area contributed by atoms with Gasteiger partial charge in [0.05, 0.1) is 38.6 Å². The second-order valence-electron chi connectivity index (χ2n) is 30.3.